The van der Waals surface area contributed by atoms with Crippen molar-refractivity contribution in [1.29, 1.82) is 0 Å². The SMILES string of the molecule is c1csc(-c2ccc3nc([C@H]4CCCN(CC5CC5)C4)nn3c2)c1. The topological polar surface area (TPSA) is 33.4 Å². The van der Waals surface area contributed by atoms with E-state index in [4.69, 9.17) is 10.1 Å². The molecular weight excluding hydrogens is 316 g/mol. The molecule has 0 bridgehead atoms. The first kappa shape index (κ1) is 14.6. The van der Waals surface area contributed by atoms with Crippen molar-refractivity contribution in [3.8, 4) is 10.4 Å². The van der Waals surface area contributed by atoms with E-state index in [1.165, 1.54) is 49.2 Å². The zero-order valence-electron chi connectivity index (χ0n) is 13.8. The number of hydrogen-bond acceptors (Lipinski definition) is 4. The predicted molar refractivity (Wildman–Crippen MR) is 97.4 cm³/mol. The van der Waals surface area contributed by atoms with Gasteiger partial charge in [-0.3, -0.25) is 0 Å². The summed E-state index contributed by atoms with van der Waals surface area (Å²) in [7, 11) is 0. The fourth-order valence-electron chi connectivity index (χ4n) is 3.76. The van der Waals surface area contributed by atoms with Crippen LogP contribution in [-0.4, -0.2) is 39.1 Å². The van der Waals surface area contributed by atoms with E-state index in [9.17, 15) is 0 Å². The number of fused-ring (bicyclic) bond motifs is 1. The van der Waals surface area contributed by atoms with Crippen LogP contribution in [-0.2, 0) is 0 Å². The second kappa shape index (κ2) is 5.97. The molecule has 0 unspecified atom stereocenters. The molecule has 0 radical (unpaired) electrons. The van der Waals surface area contributed by atoms with Gasteiger partial charge in [-0.05, 0) is 61.7 Å². The number of hydrogen-bond donors (Lipinski definition) is 0. The zero-order chi connectivity index (χ0) is 15.9. The third-order valence-electron chi connectivity index (χ3n) is 5.24. The molecule has 24 heavy (non-hydrogen) atoms. The van der Waals surface area contributed by atoms with Gasteiger partial charge in [-0.1, -0.05) is 6.07 Å². The van der Waals surface area contributed by atoms with Gasteiger partial charge in [0.05, 0.1) is 0 Å². The van der Waals surface area contributed by atoms with Crippen LogP contribution in [0.1, 0.15) is 37.4 Å². The maximum atomic E-state index is 4.82. The number of piperidine rings is 1. The van der Waals surface area contributed by atoms with Gasteiger partial charge in [-0.2, -0.15) is 5.10 Å². The van der Waals surface area contributed by atoms with Gasteiger partial charge in [0.25, 0.3) is 0 Å². The van der Waals surface area contributed by atoms with Crippen LogP contribution in [0, 0.1) is 5.92 Å². The van der Waals surface area contributed by atoms with Crippen LogP contribution >= 0.6 is 11.3 Å². The van der Waals surface area contributed by atoms with Crippen molar-refractivity contribution >= 4 is 17.0 Å². The van der Waals surface area contributed by atoms with Crippen molar-refractivity contribution in [2.24, 2.45) is 5.92 Å². The van der Waals surface area contributed by atoms with E-state index in [1.54, 1.807) is 11.3 Å². The molecule has 4 heterocycles. The molecule has 0 N–H and O–H groups in total. The number of thiophene rings is 1. The molecule has 4 nitrogen and oxygen atoms in total. The quantitative estimate of drug-likeness (QED) is 0.720. The Balaban J connectivity index is 1.40. The van der Waals surface area contributed by atoms with Crippen LogP contribution in [0.4, 0.5) is 0 Å². The van der Waals surface area contributed by atoms with Crippen LogP contribution in [0.2, 0.25) is 0 Å². The molecule has 0 aromatic carbocycles. The summed E-state index contributed by atoms with van der Waals surface area (Å²) in [6, 6.07) is 8.49. The first-order valence-corrected chi connectivity index (χ1v) is 9.86. The molecular formula is C19H22N4S. The second-order valence-electron chi connectivity index (χ2n) is 7.21. The number of nitrogens with zero attached hydrogens (tertiary/aromatic N) is 4. The summed E-state index contributed by atoms with van der Waals surface area (Å²) in [5.74, 6) is 2.48. The highest BCUT2D eigenvalue weighted by Crippen LogP contribution is 2.33. The van der Waals surface area contributed by atoms with Crippen LogP contribution in [0.15, 0.2) is 35.8 Å². The molecule has 1 saturated carbocycles. The summed E-state index contributed by atoms with van der Waals surface area (Å²) >= 11 is 1.76. The Morgan fingerprint density at radius 1 is 1.17 bits per heavy atom. The lowest BCUT2D eigenvalue weighted by Crippen LogP contribution is -2.36. The van der Waals surface area contributed by atoms with E-state index < -0.39 is 0 Å². The minimum absolute atomic E-state index is 0.489. The molecule has 0 spiro atoms. The van der Waals surface area contributed by atoms with Gasteiger partial charge >= 0.3 is 0 Å². The monoisotopic (exact) mass is 338 g/mol. The predicted octanol–water partition coefficient (Wildman–Crippen LogP) is 4.05. The Morgan fingerprint density at radius 3 is 2.96 bits per heavy atom. The Morgan fingerprint density at radius 2 is 2.12 bits per heavy atom. The van der Waals surface area contributed by atoms with Crippen molar-refractivity contribution in [2.75, 3.05) is 19.6 Å². The van der Waals surface area contributed by atoms with Gasteiger partial charge in [-0.25, -0.2) is 9.50 Å². The third-order valence-corrected chi connectivity index (χ3v) is 6.16. The van der Waals surface area contributed by atoms with Crippen molar-refractivity contribution in [3.05, 3.63) is 41.7 Å². The lowest BCUT2D eigenvalue weighted by molar-refractivity contribution is 0.197. The third kappa shape index (κ3) is 2.87. The largest absolute Gasteiger partial charge is 0.302 e. The molecule has 1 aliphatic heterocycles. The molecule has 5 heteroatoms. The number of aromatic nitrogens is 3. The first-order valence-electron chi connectivity index (χ1n) is 8.98. The summed E-state index contributed by atoms with van der Waals surface area (Å²) in [6.45, 7) is 3.67. The molecule has 2 fully saturated rings. The smallest absolute Gasteiger partial charge is 0.156 e. The van der Waals surface area contributed by atoms with E-state index in [2.05, 4.69) is 40.7 Å². The van der Waals surface area contributed by atoms with E-state index in [0.29, 0.717) is 5.92 Å². The van der Waals surface area contributed by atoms with Crippen molar-refractivity contribution in [3.63, 3.8) is 0 Å². The van der Waals surface area contributed by atoms with Gasteiger partial charge in [0.15, 0.2) is 11.5 Å². The highest BCUT2D eigenvalue weighted by Gasteiger charge is 2.29. The molecule has 5 rings (SSSR count). The highest BCUT2D eigenvalue weighted by atomic mass is 32.1. The Bertz CT molecular complexity index is 834. The second-order valence-corrected chi connectivity index (χ2v) is 8.16. The minimum atomic E-state index is 0.489. The van der Waals surface area contributed by atoms with Gasteiger partial charge in [0.1, 0.15) is 0 Å². The minimum Gasteiger partial charge on any atom is -0.302 e. The van der Waals surface area contributed by atoms with Crippen LogP contribution in [0.3, 0.4) is 0 Å². The molecule has 0 amide bonds. The van der Waals surface area contributed by atoms with E-state index in [0.717, 1.165) is 23.9 Å². The van der Waals surface area contributed by atoms with Crippen molar-refractivity contribution in [2.45, 2.75) is 31.6 Å². The fourth-order valence-corrected chi connectivity index (χ4v) is 4.48. The molecule has 2 aliphatic rings. The Hall–Kier alpha value is -1.72. The molecule has 1 atom stereocenters. The Kier molecular flexibility index (Phi) is 3.64. The lowest BCUT2D eigenvalue weighted by atomic mass is 9.97. The normalized spacial score (nSPS) is 22.2. The molecule has 3 aromatic rings. The van der Waals surface area contributed by atoms with E-state index in [1.807, 2.05) is 4.52 Å². The van der Waals surface area contributed by atoms with Gasteiger partial charge in [-0.15, -0.1) is 11.3 Å². The molecule has 124 valence electrons. The first-order chi connectivity index (χ1) is 11.8. The van der Waals surface area contributed by atoms with E-state index in [-0.39, 0.29) is 0 Å². The number of pyridine rings is 1. The zero-order valence-corrected chi connectivity index (χ0v) is 14.6. The van der Waals surface area contributed by atoms with Gasteiger partial charge in [0.2, 0.25) is 0 Å². The van der Waals surface area contributed by atoms with Crippen LogP contribution in [0.5, 0.6) is 0 Å². The number of rotatable bonds is 4. The lowest BCUT2D eigenvalue weighted by Gasteiger charge is -2.31. The molecule has 1 saturated heterocycles. The van der Waals surface area contributed by atoms with Crippen LogP contribution < -0.4 is 0 Å². The van der Waals surface area contributed by atoms with Crippen molar-refractivity contribution < 1.29 is 0 Å². The highest BCUT2D eigenvalue weighted by molar-refractivity contribution is 7.13. The average Bonchev–Trinajstić information content (AvgIpc) is 3.12. The van der Waals surface area contributed by atoms with Gasteiger partial charge in [0, 0.05) is 35.6 Å². The summed E-state index contributed by atoms with van der Waals surface area (Å²) in [6.07, 6.45) is 7.46. The molecule has 1 aliphatic carbocycles. The van der Waals surface area contributed by atoms with Gasteiger partial charge < -0.3 is 4.90 Å². The maximum Gasteiger partial charge on any atom is 0.156 e. The average molecular weight is 338 g/mol. The summed E-state index contributed by atoms with van der Waals surface area (Å²) in [5, 5.41) is 6.93. The summed E-state index contributed by atoms with van der Waals surface area (Å²) < 4.78 is 1.96. The van der Waals surface area contributed by atoms with Crippen LogP contribution in [0.25, 0.3) is 16.1 Å². The summed E-state index contributed by atoms with van der Waals surface area (Å²) in [5.41, 5.74) is 2.18. The standard InChI is InChI=1S/C19H22N4S/c1-3-16(12-22(9-1)11-14-5-6-14)19-20-18-8-7-15(13-23(18)21-19)17-4-2-10-24-17/h2,4,7-8,10,13-14,16H,1,3,5-6,9,11-12H2/t16-/m0/s1. The maximum absolute atomic E-state index is 4.82. The summed E-state index contributed by atoms with van der Waals surface area (Å²) in [4.78, 5) is 8.73. The van der Waals surface area contributed by atoms with E-state index >= 15 is 0 Å². The van der Waals surface area contributed by atoms with Crippen molar-refractivity contribution in [1.82, 2.24) is 19.5 Å². The Labute approximate surface area is 146 Å². The number of likely N-dealkylation sites (tertiary alicyclic amines) is 1. The molecule has 3 aromatic heterocycles. The fraction of sp³-hybridized carbons (Fsp3) is 0.474.